The molecule has 1 aliphatic heterocycles. The van der Waals surface area contributed by atoms with Crippen LogP contribution in [0.5, 0.6) is 11.5 Å². The highest BCUT2D eigenvalue weighted by atomic mass is 32.1. The number of aromatic nitrogens is 1. The Kier molecular flexibility index (Phi) is 5.60. The van der Waals surface area contributed by atoms with E-state index in [-0.39, 0.29) is 23.0 Å². The molecule has 2 heterocycles. The smallest absolute Gasteiger partial charge is 0.270 e. The van der Waals surface area contributed by atoms with Crippen molar-refractivity contribution in [2.75, 3.05) is 6.79 Å². The Hall–Kier alpha value is -4.38. The van der Waals surface area contributed by atoms with E-state index >= 15 is 0 Å². The number of halogens is 2. The molecule has 0 saturated carbocycles. The van der Waals surface area contributed by atoms with E-state index in [1.807, 2.05) is 0 Å². The molecule has 0 spiro atoms. The molecule has 0 atom stereocenters. The second-order valence-corrected chi connectivity index (χ2v) is 7.92. The monoisotopic (exact) mass is 480 g/mol. The summed E-state index contributed by atoms with van der Waals surface area (Å²) in [7, 11) is 0. The summed E-state index contributed by atoms with van der Waals surface area (Å²) in [5.41, 5.74) is 1.58. The Morgan fingerprint density at radius 3 is 2.74 bits per heavy atom. The molecule has 4 aromatic rings. The van der Waals surface area contributed by atoms with Gasteiger partial charge in [0.2, 0.25) is 11.6 Å². The summed E-state index contributed by atoms with van der Waals surface area (Å²) in [5, 5.41) is 17.4. The van der Waals surface area contributed by atoms with Crippen molar-refractivity contribution in [1.82, 2.24) is 4.68 Å². The molecule has 0 fully saturated rings. The van der Waals surface area contributed by atoms with E-state index in [4.69, 9.17) is 9.47 Å². The van der Waals surface area contributed by atoms with E-state index in [0.29, 0.717) is 28.3 Å². The van der Waals surface area contributed by atoms with Gasteiger partial charge in [0, 0.05) is 29.1 Å². The number of nitrogens with zero attached hydrogens (tertiary/aromatic N) is 4. The molecule has 3 aromatic carbocycles. The highest BCUT2D eigenvalue weighted by Crippen LogP contribution is 2.32. The lowest BCUT2D eigenvalue weighted by Gasteiger charge is -2.04. The van der Waals surface area contributed by atoms with Crippen LogP contribution in [0.25, 0.3) is 11.3 Å². The van der Waals surface area contributed by atoms with Crippen molar-refractivity contribution < 1.29 is 23.2 Å². The normalized spacial score (nSPS) is 13.1. The molecule has 170 valence electrons. The third-order valence-corrected chi connectivity index (χ3v) is 5.70. The summed E-state index contributed by atoms with van der Waals surface area (Å²) in [6.45, 7) is 0.137. The van der Waals surface area contributed by atoms with E-state index in [2.05, 4.69) is 10.1 Å². The lowest BCUT2D eigenvalue weighted by molar-refractivity contribution is -0.384. The number of hydrogen-bond acceptors (Lipinski definition) is 7. The van der Waals surface area contributed by atoms with Crippen LogP contribution in [0.3, 0.4) is 0 Å². The van der Waals surface area contributed by atoms with Gasteiger partial charge in [0.25, 0.3) is 5.69 Å². The van der Waals surface area contributed by atoms with Gasteiger partial charge < -0.3 is 9.47 Å². The largest absolute Gasteiger partial charge is 0.454 e. The van der Waals surface area contributed by atoms with E-state index in [9.17, 15) is 18.9 Å². The molecule has 0 bridgehead atoms. The molecule has 0 saturated heterocycles. The molecule has 11 heteroatoms. The molecular weight excluding hydrogens is 466 g/mol. The number of nitro benzene ring substituents is 1. The summed E-state index contributed by atoms with van der Waals surface area (Å²) < 4.78 is 39.7. The van der Waals surface area contributed by atoms with Gasteiger partial charge in [-0.15, -0.1) is 11.3 Å². The number of hydrogen-bond donors (Lipinski definition) is 0. The number of benzene rings is 3. The first kappa shape index (κ1) is 21.5. The van der Waals surface area contributed by atoms with Crippen LogP contribution in [0.1, 0.15) is 5.56 Å². The first-order valence-corrected chi connectivity index (χ1v) is 10.7. The predicted molar refractivity (Wildman–Crippen MR) is 122 cm³/mol. The Balaban J connectivity index is 1.63. The van der Waals surface area contributed by atoms with Gasteiger partial charge in [-0.2, -0.15) is 5.10 Å². The predicted octanol–water partition coefficient (Wildman–Crippen LogP) is 5.25. The minimum Gasteiger partial charge on any atom is -0.454 e. The highest BCUT2D eigenvalue weighted by Gasteiger charge is 2.14. The summed E-state index contributed by atoms with van der Waals surface area (Å²) in [4.78, 5) is 15.3. The van der Waals surface area contributed by atoms with Crippen LogP contribution >= 0.6 is 11.3 Å². The summed E-state index contributed by atoms with van der Waals surface area (Å²) >= 11 is 1.16. The van der Waals surface area contributed by atoms with Gasteiger partial charge in [-0.05, 0) is 35.9 Å². The fourth-order valence-corrected chi connectivity index (χ4v) is 4.11. The zero-order valence-corrected chi connectivity index (χ0v) is 18.0. The van der Waals surface area contributed by atoms with Crippen LogP contribution in [-0.4, -0.2) is 22.6 Å². The van der Waals surface area contributed by atoms with Crippen LogP contribution in [-0.2, 0) is 0 Å². The highest BCUT2D eigenvalue weighted by molar-refractivity contribution is 7.07. The molecule has 0 N–H and O–H groups in total. The molecule has 0 radical (unpaired) electrons. The zero-order valence-electron chi connectivity index (χ0n) is 17.2. The molecule has 0 amide bonds. The maximum absolute atomic E-state index is 14.2. The van der Waals surface area contributed by atoms with E-state index < -0.39 is 16.6 Å². The lowest BCUT2D eigenvalue weighted by atomic mass is 10.1. The Bertz CT molecular complexity index is 1510. The number of nitro groups is 1. The number of non-ortho nitro benzene ring substituents is 1. The molecule has 5 rings (SSSR count). The van der Waals surface area contributed by atoms with Crippen molar-refractivity contribution in [3.05, 3.63) is 98.2 Å². The fourth-order valence-electron chi connectivity index (χ4n) is 3.26. The molecule has 0 aliphatic carbocycles. The minimum atomic E-state index is -0.823. The van der Waals surface area contributed by atoms with Gasteiger partial charge in [-0.3, -0.25) is 10.1 Å². The van der Waals surface area contributed by atoms with Gasteiger partial charge in [0.1, 0.15) is 11.5 Å². The number of fused-ring (bicyclic) bond motifs is 1. The van der Waals surface area contributed by atoms with Crippen LogP contribution in [0.15, 0.2) is 76.1 Å². The molecular formula is C23H14F2N4O4S. The maximum atomic E-state index is 14.2. The average molecular weight is 480 g/mol. The molecule has 34 heavy (non-hydrogen) atoms. The molecule has 8 nitrogen and oxygen atoms in total. The fraction of sp³-hybridized carbons (Fsp3) is 0.0435. The summed E-state index contributed by atoms with van der Waals surface area (Å²) in [6.07, 6.45) is 1.55. The van der Waals surface area contributed by atoms with Crippen molar-refractivity contribution >= 4 is 28.9 Å². The van der Waals surface area contributed by atoms with Crippen LogP contribution in [0, 0.1) is 21.7 Å². The SMILES string of the molecule is O=[N+]([O-])c1cccc(-c2csc(=Nc3ccc(F)cc3F)n2N=Cc2ccc3c(c2)OCO3)c1. The van der Waals surface area contributed by atoms with Crippen molar-refractivity contribution in [3.8, 4) is 22.8 Å². The molecule has 1 aromatic heterocycles. The van der Waals surface area contributed by atoms with E-state index in [0.717, 1.165) is 23.5 Å². The van der Waals surface area contributed by atoms with Crippen molar-refractivity contribution in [3.63, 3.8) is 0 Å². The van der Waals surface area contributed by atoms with Crippen molar-refractivity contribution in [1.29, 1.82) is 0 Å². The van der Waals surface area contributed by atoms with Gasteiger partial charge >= 0.3 is 0 Å². The van der Waals surface area contributed by atoms with Crippen molar-refractivity contribution in [2.45, 2.75) is 0 Å². The first-order valence-electron chi connectivity index (χ1n) is 9.87. The Morgan fingerprint density at radius 1 is 1.06 bits per heavy atom. The number of rotatable bonds is 5. The topological polar surface area (TPSA) is 91.2 Å². The molecule has 0 unspecified atom stereocenters. The molecule has 1 aliphatic rings. The van der Waals surface area contributed by atoms with Crippen molar-refractivity contribution in [2.24, 2.45) is 10.1 Å². The number of thiazole rings is 1. The Labute approximate surface area is 194 Å². The summed E-state index contributed by atoms with van der Waals surface area (Å²) in [5.74, 6) is -0.332. The maximum Gasteiger partial charge on any atom is 0.270 e. The average Bonchev–Trinajstić information content (AvgIpc) is 3.46. The van der Waals surface area contributed by atoms with Crippen LogP contribution in [0.4, 0.5) is 20.2 Å². The number of ether oxygens (including phenoxy) is 2. The summed E-state index contributed by atoms with van der Waals surface area (Å²) in [6, 6.07) is 14.4. The second-order valence-electron chi connectivity index (χ2n) is 7.09. The van der Waals surface area contributed by atoms with E-state index in [1.165, 1.54) is 22.9 Å². The Morgan fingerprint density at radius 2 is 1.91 bits per heavy atom. The van der Waals surface area contributed by atoms with E-state index in [1.54, 1.807) is 41.9 Å². The quantitative estimate of drug-likeness (QED) is 0.222. The van der Waals surface area contributed by atoms with Crippen LogP contribution in [0.2, 0.25) is 0 Å². The minimum absolute atomic E-state index is 0.0686. The van der Waals surface area contributed by atoms with Gasteiger partial charge in [-0.25, -0.2) is 18.4 Å². The standard InChI is InChI=1S/C23H14F2N4O4S/c24-16-5-6-19(18(25)10-16)27-23-28(26-11-14-4-7-21-22(8-14)33-13-32-21)20(12-34-23)15-2-1-3-17(9-15)29(30)31/h1-12H,13H2. The first-order chi connectivity index (χ1) is 16.5. The van der Waals surface area contributed by atoms with Gasteiger partial charge in [-0.1, -0.05) is 12.1 Å². The van der Waals surface area contributed by atoms with Gasteiger partial charge in [0.05, 0.1) is 16.8 Å². The lowest BCUT2D eigenvalue weighted by Crippen LogP contribution is -2.11. The zero-order chi connectivity index (χ0) is 23.7. The second kappa shape index (κ2) is 8.87. The van der Waals surface area contributed by atoms with Gasteiger partial charge in [0.15, 0.2) is 17.3 Å². The van der Waals surface area contributed by atoms with Crippen LogP contribution < -0.4 is 14.3 Å². The third-order valence-electron chi connectivity index (χ3n) is 4.88. The third kappa shape index (κ3) is 4.28.